The van der Waals surface area contributed by atoms with E-state index in [1.54, 1.807) is 40.9 Å². The number of hydrogen-bond acceptors (Lipinski definition) is 6. The molecule has 0 fully saturated rings. The Bertz CT molecular complexity index is 1050. The smallest absolute Gasteiger partial charge is 0.251 e. The number of nitrogens with zero attached hydrogens (tertiary/aromatic N) is 1. The van der Waals surface area contributed by atoms with Gasteiger partial charge in [0.25, 0.3) is 5.91 Å². The Kier molecular flexibility index (Phi) is 6.96. The zero-order valence-electron chi connectivity index (χ0n) is 16.9. The lowest BCUT2D eigenvalue weighted by Gasteiger charge is -2.11. The number of hydrogen-bond donors (Lipinski definition) is 3. The number of aryl methyl sites for hydroxylation is 1. The second-order valence-corrected chi connectivity index (χ2v) is 8.92. The van der Waals surface area contributed by atoms with Crippen molar-refractivity contribution < 1.29 is 14.4 Å². The first kappa shape index (κ1) is 21.7. The van der Waals surface area contributed by atoms with Crippen LogP contribution < -0.4 is 16.0 Å². The molecule has 3 N–H and O–H groups in total. The normalized spacial score (nSPS) is 10.5. The molecule has 0 aliphatic rings. The van der Waals surface area contributed by atoms with Gasteiger partial charge in [-0.2, -0.15) is 0 Å². The van der Waals surface area contributed by atoms with Crippen LogP contribution in [0.3, 0.4) is 0 Å². The van der Waals surface area contributed by atoms with Crippen LogP contribution in [-0.4, -0.2) is 29.3 Å². The molecule has 0 unspecified atom stereocenters. The quantitative estimate of drug-likeness (QED) is 0.513. The van der Waals surface area contributed by atoms with Crippen molar-refractivity contribution >= 4 is 51.8 Å². The first-order chi connectivity index (χ1) is 14.3. The Hall–Kier alpha value is -3.04. The molecule has 2 aromatic heterocycles. The van der Waals surface area contributed by atoms with E-state index in [1.807, 2.05) is 24.4 Å². The molecule has 0 saturated carbocycles. The summed E-state index contributed by atoms with van der Waals surface area (Å²) < 4.78 is 0. The molecule has 1 aromatic carbocycles. The van der Waals surface area contributed by atoms with Crippen LogP contribution in [0.2, 0.25) is 0 Å². The summed E-state index contributed by atoms with van der Waals surface area (Å²) in [5.74, 6) is -0.795. The number of carbonyl (C=O) groups is 3. The van der Waals surface area contributed by atoms with E-state index in [2.05, 4.69) is 20.9 Å². The molecule has 30 heavy (non-hydrogen) atoms. The van der Waals surface area contributed by atoms with Crippen molar-refractivity contribution in [2.75, 3.05) is 17.2 Å². The third-order valence-electron chi connectivity index (χ3n) is 4.03. The van der Waals surface area contributed by atoms with E-state index in [4.69, 9.17) is 0 Å². The number of rotatable bonds is 7. The average Bonchev–Trinajstić information content (AvgIpc) is 3.29. The first-order valence-electron chi connectivity index (χ1n) is 9.30. The summed E-state index contributed by atoms with van der Waals surface area (Å²) in [5, 5.41) is 11.3. The summed E-state index contributed by atoms with van der Waals surface area (Å²) in [6.07, 6.45) is 0.698. The van der Waals surface area contributed by atoms with Crippen molar-refractivity contribution in [1.82, 2.24) is 10.3 Å². The third kappa shape index (κ3) is 5.98. The second kappa shape index (κ2) is 9.64. The molecule has 0 bridgehead atoms. The highest BCUT2D eigenvalue weighted by Crippen LogP contribution is 2.29. The molecule has 0 atom stereocenters. The van der Waals surface area contributed by atoms with Crippen LogP contribution in [0.25, 0.3) is 10.6 Å². The lowest BCUT2D eigenvalue weighted by Crippen LogP contribution is -2.26. The number of thiazole rings is 1. The maximum atomic E-state index is 12.6. The van der Waals surface area contributed by atoms with Crippen molar-refractivity contribution in [2.24, 2.45) is 0 Å². The van der Waals surface area contributed by atoms with E-state index in [0.717, 1.165) is 20.5 Å². The Morgan fingerprint density at radius 1 is 1.00 bits per heavy atom. The number of thiophene rings is 1. The van der Waals surface area contributed by atoms with Gasteiger partial charge < -0.3 is 16.0 Å². The van der Waals surface area contributed by atoms with Gasteiger partial charge in [0.1, 0.15) is 0 Å². The monoisotopic (exact) mass is 442 g/mol. The lowest BCUT2D eigenvalue weighted by molar-refractivity contribution is -0.115. The van der Waals surface area contributed by atoms with Crippen LogP contribution in [0.1, 0.15) is 34.1 Å². The molecular formula is C21H22N4O3S2. The number of carbonyl (C=O) groups excluding carboxylic acids is 3. The fourth-order valence-electron chi connectivity index (χ4n) is 2.84. The summed E-state index contributed by atoms with van der Waals surface area (Å²) in [5.41, 5.74) is 2.23. The minimum atomic E-state index is -0.277. The van der Waals surface area contributed by atoms with Crippen LogP contribution >= 0.6 is 22.7 Å². The molecule has 3 rings (SSSR count). The molecule has 2 heterocycles. The maximum Gasteiger partial charge on any atom is 0.251 e. The number of anilines is 2. The molecular weight excluding hydrogens is 420 g/mol. The minimum Gasteiger partial charge on any atom is -0.352 e. The Balaban J connectivity index is 1.63. The Labute approximate surface area is 182 Å². The standard InChI is InChI=1S/C21H22N4O3S2/c1-12(26)23-16-8-15(9-17(10-16)24-13(2)27)21(28)22-7-6-18-4-5-20(30-18)19-11-29-14(3)25-19/h4-5,8-11H,6-7H2,1-3H3,(H,22,28)(H,23,26)(H,24,27). The maximum absolute atomic E-state index is 12.6. The van der Waals surface area contributed by atoms with E-state index < -0.39 is 0 Å². The minimum absolute atomic E-state index is 0.259. The van der Waals surface area contributed by atoms with Gasteiger partial charge in [-0.05, 0) is 43.7 Å². The van der Waals surface area contributed by atoms with E-state index in [1.165, 1.54) is 13.8 Å². The summed E-state index contributed by atoms with van der Waals surface area (Å²) in [7, 11) is 0. The molecule has 0 radical (unpaired) electrons. The lowest BCUT2D eigenvalue weighted by atomic mass is 10.1. The molecule has 0 saturated heterocycles. The molecule has 3 amide bonds. The zero-order valence-corrected chi connectivity index (χ0v) is 18.5. The van der Waals surface area contributed by atoms with Crippen molar-refractivity contribution in [1.29, 1.82) is 0 Å². The van der Waals surface area contributed by atoms with E-state index in [-0.39, 0.29) is 17.7 Å². The number of aromatic nitrogens is 1. The van der Waals surface area contributed by atoms with Gasteiger partial charge in [-0.1, -0.05) is 0 Å². The number of nitrogens with one attached hydrogen (secondary N) is 3. The topological polar surface area (TPSA) is 100 Å². The SMILES string of the molecule is CC(=O)Nc1cc(NC(C)=O)cc(C(=O)NCCc2ccc(-c3csc(C)n3)s2)c1. The number of benzene rings is 1. The second-order valence-electron chi connectivity index (χ2n) is 6.69. The van der Waals surface area contributed by atoms with Crippen LogP contribution in [0.5, 0.6) is 0 Å². The predicted octanol–water partition coefficient (Wildman–Crippen LogP) is 4.07. The summed E-state index contributed by atoms with van der Waals surface area (Å²) in [6, 6.07) is 8.86. The van der Waals surface area contributed by atoms with Gasteiger partial charge in [0.2, 0.25) is 11.8 Å². The van der Waals surface area contributed by atoms with Crippen molar-refractivity contribution in [3.05, 3.63) is 51.2 Å². The predicted molar refractivity (Wildman–Crippen MR) is 121 cm³/mol. The highest BCUT2D eigenvalue weighted by Gasteiger charge is 2.11. The van der Waals surface area contributed by atoms with Gasteiger partial charge in [-0.25, -0.2) is 4.98 Å². The van der Waals surface area contributed by atoms with Gasteiger partial charge in [-0.15, -0.1) is 22.7 Å². The molecule has 9 heteroatoms. The summed E-state index contributed by atoms with van der Waals surface area (Å²) in [4.78, 5) is 42.1. The van der Waals surface area contributed by atoms with Crippen molar-refractivity contribution in [2.45, 2.75) is 27.2 Å². The summed E-state index contributed by atoms with van der Waals surface area (Å²) >= 11 is 3.29. The Morgan fingerprint density at radius 3 is 2.23 bits per heavy atom. The van der Waals surface area contributed by atoms with Gasteiger partial charge in [0, 0.05) is 47.6 Å². The van der Waals surface area contributed by atoms with Crippen LogP contribution in [0, 0.1) is 6.92 Å². The van der Waals surface area contributed by atoms with E-state index in [9.17, 15) is 14.4 Å². The molecule has 0 spiro atoms. The fraction of sp³-hybridized carbons (Fsp3) is 0.238. The third-order valence-corrected chi connectivity index (χ3v) is 5.97. The molecule has 0 aliphatic carbocycles. The highest BCUT2D eigenvalue weighted by molar-refractivity contribution is 7.16. The fourth-order valence-corrected chi connectivity index (χ4v) is 4.49. The van der Waals surface area contributed by atoms with E-state index in [0.29, 0.717) is 29.9 Å². The van der Waals surface area contributed by atoms with Gasteiger partial charge in [0.05, 0.1) is 15.6 Å². The van der Waals surface area contributed by atoms with Crippen LogP contribution in [0.15, 0.2) is 35.7 Å². The average molecular weight is 443 g/mol. The molecule has 7 nitrogen and oxygen atoms in total. The zero-order chi connectivity index (χ0) is 21.7. The summed E-state index contributed by atoms with van der Waals surface area (Å²) in [6.45, 7) is 5.21. The van der Waals surface area contributed by atoms with Crippen LogP contribution in [-0.2, 0) is 16.0 Å². The van der Waals surface area contributed by atoms with Crippen molar-refractivity contribution in [3.8, 4) is 10.6 Å². The molecule has 3 aromatic rings. The Morgan fingerprint density at radius 2 is 1.67 bits per heavy atom. The molecule has 0 aliphatic heterocycles. The number of amides is 3. The highest BCUT2D eigenvalue weighted by atomic mass is 32.1. The van der Waals surface area contributed by atoms with Crippen LogP contribution in [0.4, 0.5) is 11.4 Å². The van der Waals surface area contributed by atoms with Gasteiger partial charge in [-0.3, -0.25) is 14.4 Å². The first-order valence-corrected chi connectivity index (χ1v) is 11.0. The van der Waals surface area contributed by atoms with Gasteiger partial charge >= 0.3 is 0 Å². The van der Waals surface area contributed by atoms with E-state index >= 15 is 0 Å². The molecule has 156 valence electrons. The van der Waals surface area contributed by atoms with Crippen molar-refractivity contribution in [3.63, 3.8) is 0 Å². The largest absolute Gasteiger partial charge is 0.352 e. The van der Waals surface area contributed by atoms with Gasteiger partial charge in [0.15, 0.2) is 0 Å².